The summed E-state index contributed by atoms with van der Waals surface area (Å²) in [6, 6.07) is 9.04. The Balaban J connectivity index is 1.99. The van der Waals surface area contributed by atoms with Gasteiger partial charge in [0, 0.05) is 11.1 Å². The van der Waals surface area contributed by atoms with Crippen LogP contribution in [0.4, 0.5) is 0 Å². The number of carbonyl (C=O) groups excluding carboxylic acids is 2. The molecule has 1 aromatic carbocycles. The van der Waals surface area contributed by atoms with Crippen molar-refractivity contribution in [1.29, 1.82) is 0 Å². The summed E-state index contributed by atoms with van der Waals surface area (Å²) in [6.07, 6.45) is 7.79. The van der Waals surface area contributed by atoms with Gasteiger partial charge in [0.15, 0.2) is 0 Å². The largest absolute Gasteiger partial charge is 0.462 e. The van der Waals surface area contributed by atoms with Crippen molar-refractivity contribution in [1.82, 2.24) is 0 Å². The van der Waals surface area contributed by atoms with E-state index in [9.17, 15) is 9.59 Å². The first-order valence-corrected chi connectivity index (χ1v) is 10.5. The molecule has 6 heteroatoms. The van der Waals surface area contributed by atoms with E-state index in [1.165, 1.54) is 11.3 Å². The standard InChI is InChI=1S/C19H19NO3S2/c1-3-23-18(22)16-14-11-7-8-12-15(14)19(24-16)25(2)20-17(21)13-9-5-4-6-10-13/h4-6,8-10,12H,3,7,11H2,1-2H3. The highest BCUT2D eigenvalue weighted by atomic mass is 32.2. The van der Waals surface area contributed by atoms with Crippen molar-refractivity contribution in [2.75, 3.05) is 12.9 Å². The summed E-state index contributed by atoms with van der Waals surface area (Å²) in [5, 5.41) is 0. The Bertz CT molecular complexity index is 866. The number of fused-ring (bicyclic) bond motifs is 1. The van der Waals surface area contributed by atoms with Crippen LogP contribution in [0.25, 0.3) is 6.08 Å². The van der Waals surface area contributed by atoms with E-state index >= 15 is 0 Å². The van der Waals surface area contributed by atoms with Crippen LogP contribution in [0, 0.1) is 0 Å². The van der Waals surface area contributed by atoms with E-state index in [0.29, 0.717) is 17.0 Å². The lowest BCUT2D eigenvalue weighted by molar-refractivity contribution is 0.0530. The number of hydrogen-bond donors (Lipinski definition) is 0. The highest BCUT2D eigenvalue weighted by molar-refractivity contribution is 7.89. The molecular formula is C19H19NO3S2. The Labute approximate surface area is 153 Å². The van der Waals surface area contributed by atoms with Gasteiger partial charge in [-0.15, -0.1) is 11.3 Å². The van der Waals surface area contributed by atoms with E-state index in [1.54, 1.807) is 19.1 Å². The maximum atomic E-state index is 12.4. The average molecular weight is 373 g/mol. The van der Waals surface area contributed by atoms with Crippen LogP contribution in [0.2, 0.25) is 0 Å². The minimum atomic E-state index is -0.618. The Morgan fingerprint density at radius 3 is 2.76 bits per heavy atom. The van der Waals surface area contributed by atoms with Crippen molar-refractivity contribution in [3.8, 4) is 0 Å². The van der Waals surface area contributed by atoms with Gasteiger partial charge < -0.3 is 4.74 Å². The Morgan fingerprint density at radius 1 is 1.28 bits per heavy atom. The van der Waals surface area contributed by atoms with E-state index in [-0.39, 0.29) is 11.9 Å². The number of ether oxygens (including phenoxy) is 1. The Kier molecular flexibility index (Phi) is 5.60. The summed E-state index contributed by atoms with van der Waals surface area (Å²) < 4.78 is 10.5. The second kappa shape index (κ2) is 7.89. The van der Waals surface area contributed by atoms with Gasteiger partial charge in [0.2, 0.25) is 0 Å². The molecule has 1 heterocycles. The van der Waals surface area contributed by atoms with Crippen LogP contribution in [0.15, 0.2) is 45.0 Å². The van der Waals surface area contributed by atoms with E-state index in [0.717, 1.165) is 28.2 Å². The van der Waals surface area contributed by atoms with Gasteiger partial charge >= 0.3 is 5.97 Å². The predicted molar refractivity (Wildman–Crippen MR) is 102 cm³/mol. The first-order valence-electron chi connectivity index (χ1n) is 8.08. The monoisotopic (exact) mass is 373 g/mol. The molecule has 0 fully saturated rings. The smallest absolute Gasteiger partial charge is 0.348 e. The van der Waals surface area contributed by atoms with Gasteiger partial charge in [0.05, 0.1) is 10.8 Å². The highest BCUT2D eigenvalue weighted by Crippen LogP contribution is 2.36. The van der Waals surface area contributed by atoms with Gasteiger partial charge in [-0.05, 0) is 43.7 Å². The van der Waals surface area contributed by atoms with Crippen LogP contribution in [-0.4, -0.2) is 24.7 Å². The summed E-state index contributed by atoms with van der Waals surface area (Å²) in [7, 11) is -0.618. The van der Waals surface area contributed by atoms with Gasteiger partial charge in [-0.1, -0.05) is 41.0 Å². The number of amides is 1. The molecule has 1 amide bonds. The lowest BCUT2D eigenvalue weighted by Gasteiger charge is -2.08. The molecule has 0 spiro atoms. The van der Waals surface area contributed by atoms with Crippen LogP contribution in [0.3, 0.4) is 0 Å². The van der Waals surface area contributed by atoms with E-state index < -0.39 is 10.7 Å². The first kappa shape index (κ1) is 17.8. The van der Waals surface area contributed by atoms with E-state index in [1.807, 2.05) is 30.5 Å². The molecule has 2 aromatic rings. The molecule has 4 nitrogen and oxygen atoms in total. The molecule has 130 valence electrons. The van der Waals surface area contributed by atoms with Crippen LogP contribution < -0.4 is 0 Å². The van der Waals surface area contributed by atoms with Gasteiger partial charge in [0.1, 0.15) is 4.88 Å². The lowest BCUT2D eigenvalue weighted by Crippen LogP contribution is -2.06. The molecule has 1 aliphatic carbocycles. The fourth-order valence-electron chi connectivity index (χ4n) is 2.68. The predicted octanol–water partition coefficient (Wildman–Crippen LogP) is 4.52. The van der Waals surface area contributed by atoms with Crippen LogP contribution in [0.5, 0.6) is 0 Å². The minimum absolute atomic E-state index is 0.231. The van der Waals surface area contributed by atoms with Crippen molar-refractivity contribution < 1.29 is 14.3 Å². The molecule has 0 N–H and O–H groups in total. The van der Waals surface area contributed by atoms with Gasteiger partial charge in [-0.3, -0.25) is 4.79 Å². The number of nitrogens with zero attached hydrogens (tertiary/aromatic N) is 1. The summed E-state index contributed by atoms with van der Waals surface area (Å²) >= 11 is 1.41. The molecule has 0 saturated heterocycles. The van der Waals surface area contributed by atoms with Crippen LogP contribution in [-0.2, 0) is 21.8 Å². The van der Waals surface area contributed by atoms with Crippen molar-refractivity contribution in [3.05, 3.63) is 58.0 Å². The zero-order valence-corrected chi connectivity index (χ0v) is 15.8. The summed E-state index contributed by atoms with van der Waals surface area (Å²) in [4.78, 5) is 25.3. The molecule has 0 saturated carbocycles. The maximum absolute atomic E-state index is 12.4. The normalized spacial score (nSPS) is 14.2. The number of benzene rings is 1. The summed E-state index contributed by atoms with van der Waals surface area (Å²) in [5.41, 5.74) is 2.64. The lowest BCUT2D eigenvalue weighted by atomic mass is 10.00. The average Bonchev–Trinajstić information content (AvgIpc) is 3.02. The van der Waals surface area contributed by atoms with E-state index in [2.05, 4.69) is 10.4 Å². The number of rotatable bonds is 4. The fraction of sp³-hybridized carbons (Fsp3) is 0.263. The summed E-state index contributed by atoms with van der Waals surface area (Å²) in [5.74, 6) is -0.511. The van der Waals surface area contributed by atoms with Crippen molar-refractivity contribution in [2.24, 2.45) is 4.36 Å². The van der Waals surface area contributed by atoms with Gasteiger partial charge in [-0.25, -0.2) is 4.79 Å². The second-order valence-electron chi connectivity index (χ2n) is 5.51. The molecule has 1 unspecified atom stereocenters. The molecule has 3 rings (SSSR count). The maximum Gasteiger partial charge on any atom is 0.348 e. The number of esters is 1. The van der Waals surface area contributed by atoms with Crippen molar-refractivity contribution >= 4 is 40.0 Å². The quantitative estimate of drug-likeness (QED) is 0.741. The zero-order valence-electron chi connectivity index (χ0n) is 14.2. The SMILES string of the molecule is CCOC(=O)c1sc(S(C)=NC(=O)c2ccccc2)c2c1CCC=C2. The van der Waals surface area contributed by atoms with E-state index in [4.69, 9.17) is 4.74 Å². The van der Waals surface area contributed by atoms with Gasteiger partial charge in [0.25, 0.3) is 5.91 Å². The Hall–Kier alpha value is -2.05. The highest BCUT2D eigenvalue weighted by Gasteiger charge is 2.24. The third kappa shape index (κ3) is 3.80. The van der Waals surface area contributed by atoms with Crippen molar-refractivity contribution in [3.63, 3.8) is 0 Å². The molecule has 0 radical (unpaired) electrons. The number of allylic oxidation sites excluding steroid dienone is 1. The molecule has 0 bridgehead atoms. The molecule has 0 aliphatic heterocycles. The first-order chi connectivity index (χ1) is 12.1. The van der Waals surface area contributed by atoms with Crippen LogP contribution in [0.1, 0.15) is 44.5 Å². The molecule has 1 aliphatic rings. The van der Waals surface area contributed by atoms with Crippen molar-refractivity contribution in [2.45, 2.75) is 24.0 Å². The zero-order chi connectivity index (χ0) is 17.8. The molecular weight excluding hydrogens is 354 g/mol. The minimum Gasteiger partial charge on any atom is -0.462 e. The third-order valence-corrected chi connectivity index (χ3v) is 7.02. The van der Waals surface area contributed by atoms with Gasteiger partial charge in [-0.2, -0.15) is 4.36 Å². The number of carbonyl (C=O) groups is 2. The summed E-state index contributed by atoms with van der Waals surface area (Å²) in [6.45, 7) is 2.16. The number of thiophene rings is 1. The number of hydrogen-bond acceptors (Lipinski definition) is 4. The molecule has 25 heavy (non-hydrogen) atoms. The molecule has 1 atom stereocenters. The fourth-order valence-corrected chi connectivity index (χ4v) is 5.44. The Morgan fingerprint density at radius 2 is 2.04 bits per heavy atom. The topological polar surface area (TPSA) is 55.7 Å². The third-order valence-electron chi connectivity index (χ3n) is 3.83. The van der Waals surface area contributed by atoms with Crippen LogP contribution >= 0.6 is 11.3 Å². The molecule has 1 aromatic heterocycles. The second-order valence-corrected chi connectivity index (χ2v) is 8.34.